The van der Waals surface area contributed by atoms with Gasteiger partial charge in [0.2, 0.25) is 0 Å². The topological polar surface area (TPSA) is 50.5 Å². The molecule has 0 spiro atoms. The second kappa shape index (κ2) is 12.0. The molecule has 2 aromatic carbocycles. The van der Waals surface area contributed by atoms with Crippen LogP contribution < -0.4 is 0 Å². The average Bonchev–Trinajstić information content (AvgIpc) is 2.86. The Hall–Kier alpha value is -3.22. The van der Waals surface area contributed by atoms with Gasteiger partial charge in [0.15, 0.2) is 0 Å². The van der Waals surface area contributed by atoms with Crippen LogP contribution in [-0.2, 0) is 0 Å². The van der Waals surface area contributed by atoms with Crippen molar-refractivity contribution in [3.8, 4) is 0 Å². The third-order valence-electron chi connectivity index (χ3n) is 4.40. The SMILES string of the molecule is C(=Nc1ccccc1SCCSc1ccccc1N=Cc1cccnc1)c1cccnc1. The fourth-order valence-electron chi connectivity index (χ4n) is 2.87. The first-order chi connectivity index (χ1) is 15.9. The highest BCUT2D eigenvalue weighted by atomic mass is 32.2. The van der Waals surface area contributed by atoms with Crippen molar-refractivity contribution in [3.05, 3.63) is 109 Å². The largest absolute Gasteiger partial charge is 0.264 e. The number of nitrogens with zero attached hydrogens (tertiary/aromatic N) is 4. The summed E-state index contributed by atoms with van der Waals surface area (Å²) in [6, 6.07) is 24.3. The minimum absolute atomic E-state index is 0.977. The molecule has 2 heterocycles. The monoisotopic (exact) mass is 454 g/mol. The Balaban J connectivity index is 1.35. The molecule has 0 saturated heterocycles. The van der Waals surface area contributed by atoms with Crippen LogP contribution >= 0.6 is 23.5 Å². The molecular formula is C26H22N4S2. The van der Waals surface area contributed by atoms with Crippen LogP contribution in [0.2, 0.25) is 0 Å². The number of rotatable bonds is 9. The van der Waals surface area contributed by atoms with Gasteiger partial charge >= 0.3 is 0 Å². The van der Waals surface area contributed by atoms with E-state index in [0.29, 0.717) is 0 Å². The van der Waals surface area contributed by atoms with Gasteiger partial charge in [-0.15, -0.1) is 23.5 Å². The number of thioether (sulfide) groups is 2. The molecule has 0 amide bonds. The van der Waals surface area contributed by atoms with Gasteiger partial charge < -0.3 is 0 Å². The second-order valence-corrected chi connectivity index (χ2v) is 8.99. The van der Waals surface area contributed by atoms with Gasteiger partial charge in [-0.05, 0) is 36.4 Å². The zero-order valence-electron chi connectivity index (χ0n) is 17.4. The minimum Gasteiger partial charge on any atom is -0.264 e. The zero-order valence-corrected chi connectivity index (χ0v) is 19.0. The van der Waals surface area contributed by atoms with Crippen LogP contribution in [0.4, 0.5) is 11.4 Å². The van der Waals surface area contributed by atoms with E-state index in [1.807, 2.05) is 96.9 Å². The Morgan fingerprint density at radius 2 is 1.06 bits per heavy atom. The van der Waals surface area contributed by atoms with Crippen molar-refractivity contribution in [2.75, 3.05) is 11.5 Å². The second-order valence-electron chi connectivity index (χ2n) is 6.72. The fourth-order valence-corrected chi connectivity index (χ4v) is 4.86. The van der Waals surface area contributed by atoms with Gasteiger partial charge in [0.05, 0.1) is 11.4 Å². The number of benzene rings is 2. The molecule has 0 saturated carbocycles. The summed E-state index contributed by atoms with van der Waals surface area (Å²) in [7, 11) is 0. The van der Waals surface area contributed by atoms with E-state index in [1.54, 1.807) is 12.4 Å². The van der Waals surface area contributed by atoms with Crippen molar-refractivity contribution in [2.45, 2.75) is 9.79 Å². The van der Waals surface area contributed by atoms with E-state index >= 15 is 0 Å². The summed E-state index contributed by atoms with van der Waals surface area (Å²) in [6.45, 7) is 0. The number of aliphatic imine (C=N–C) groups is 2. The van der Waals surface area contributed by atoms with Crippen LogP contribution in [0.15, 0.2) is 117 Å². The first-order valence-electron chi connectivity index (χ1n) is 10.2. The third-order valence-corrected chi connectivity index (χ3v) is 6.79. The molecule has 0 aliphatic carbocycles. The summed E-state index contributed by atoms with van der Waals surface area (Å²) in [6.07, 6.45) is 10.9. The van der Waals surface area contributed by atoms with Crippen molar-refractivity contribution in [1.82, 2.24) is 9.97 Å². The number of pyridine rings is 2. The van der Waals surface area contributed by atoms with Gasteiger partial charge in [-0.2, -0.15) is 0 Å². The number of para-hydroxylation sites is 2. The lowest BCUT2D eigenvalue weighted by Crippen LogP contribution is -1.87. The van der Waals surface area contributed by atoms with Gasteiger partial charge in [0.25, 0.3) is 0 Å². The molecule has 4 nitrogen and oxygen atoms in total. The highest BCUT2D eigenvalue weighted by Crippen LogP contribution is 2.33. The summed E-state index contributed by atoms with van der Waals surface area (Å²) in [5.74, 6) is 1.95. The van der Waals surface area contributed by atoms with Crippen LogP contribution in [0.1, 0.15) is 11.1 Å². The van der Waals surface area contributed by atoms with E-state index in [9.17, 15) is 0 Å². The smallest absolute Gasteiger partial charge is 0.0765 e. The van der Waals surface area contributed by atoms with Crippen molar-refractivity contribution < 1.29 is 0 Å². The van der Waals surface area contributed by atoms with E-state index in [0.717, 1.165) is 34.0 Å². The maximum Gasteiger partial charge on any atom is 0.0765 e. The number of hydrogen-bond donors (Lipinski definition) is 0. The Morgan fingerprint density at radius 3 is 1.50 bits per heavy atom. The summed E-state index contributed by atoms with van der Waals surface area (Å²) in [4.78, 5) is 19.9. The Morgan fingerprint density at radius 1 is 0.594 bits per heavy atom. The van der Waals surface area contributed by atoms with Crippen molar-refractivity contribution in [1.29, 1.82) is 0 Å². The standard InChI is InChI=1S/C26H22N4S2/c1-3-11-25(23(9-1)29-19-21-7-5-13-27-17-21)31-15-16-32-26-12-4-2-10-24(26)30-20-22-8-6-14-28-18-22/h1-14,17-20H,15-16H2. The van der Waals surface area contributed by atoms with Gasteiger partial charge in [0, 0.05) is 69.6 Å². The molecule has 0 aliphatic heterocycles. The highest BCUT2D eigenvalue weighted by molar-refractivity contribution is 8.03. The molecule has 0 bridgehead atoms. The number of hydrogen-bond acceptors (Lipinski definition) is 6. The summed E-state index contributed by atoms with van der Waals surface area (Å²) in [5.41, 5.74) is 3.94. The van der Waals surface area contributed by atoms with Crippen LogP contribution in [-0.4, -0.2) is 33.9 Å². The summed E-state index contributed by atoms with van der Waals surface area (Å²) in [5, 5.41) is 0. The van der Waals surface area contributed by atoms with E-state index in [4.69, 9.17) is 0 Å². The highest BCUT2D eigenvalue weighted by Gasteiger charge is 2.04. The normalized spacial score (nSPS) is 11.4. The van der Waals surface area contributed by atoms with Crippen molar-refractivity contribution in [2.24, 2.45) is 9.98 Å². The molecule has 0 fully saturated rings. The Bertz CT molecular complexity index is 1080. The summed E-state index contributed by atoms with van der Waals surface area (Å²) < 4.78 is 0. The zero-order chi connectivity index (χ0) is 21.8. The van der Waals surface area contributed by atoms with E-state index in [1.165, 1.54) is 9.79 Å². The van der Waals surface area contributed by atoms with Gasteiger partial charge in [0.1, 0.15) is 0 Å². The molecular weight excluding hydrogens is 432 g/mol. The lowest BCUT2D eigenvalue weighted by atomic mass is 10.3. The molecule has 0 unspecified atom stereocenters. The molecule has 32 heavy (non-hydrogen) atoms. The molecule has 0 aliphatic rings. The first kappa shape index (κ1) is 22.0. The maximum absolute atomic E-state index is 4.66. The average molecular weight is 455 g/mol. The maximum atomic E-state index is 4.66. The minimum atomic E-state index is 0.977. The molecule has 6 heteroatoms. The predicted molar refractivity (Wildman–Crippen MR) is 137 cm³/mol. The molecule has 0 radical (unpaired) electrons. The van der Waals surface area contributed by atoms with E-state index in [-0.39, 0.29) is 0 Å². The number of aromatic nitrogens is 2. The van der Waals surface area contributed by atoms with Crippen molar-refractivity contribution >= 4 is 47.3 Å². The van der Waals surface area contributed by atoms with Gasteiger partial charge in [-0.25, -0.2) is 0 Å². The van der Waals surface area contributed by atoms with Crippen LogP contribution in [0.5, 0.6) is 0 Å². The van der Waals surface area contributed by atoms with Crippen LogP contribution in [0, 0.1) is 0 Å². The predicted octanol–water partition coefficient (Wildman–Crippen LogP) is 6.86. The fraction of sp³-hybridized carbons (Fsp3) is 0.0769. The summed E-state index contributed by atoms with van der Waals surface area (Å²) >= 11 is 3.64. The lowest BCUT2D eigenvalue weighted by Gasteiger charge is -2.07. The molecule has 158 valence electrons. The molecule has 2 aromatic heterocycles. The van der Waals surface area contributed by atoms with Crippen LogP contribution in [0.3, 0.4) is 0 Å². The van der Waals surface area contributed by atoms with Crippen molar-refractivity contribution in [3.63, 3.8) is 0 Å². The van der Waals surface area contributed by atoms with E-state index < -0.39 is 0 Å². The van der Waals surface area contributed by atoms with Crippen LogP contribution in [0.25, 0.3) is 0 Å². The third kappa shape index (κ3) is 6.64. The molecule has 4 rings (SSSR count). The van der Waals surface area contributed by atoms with E-state index in [2.05, 4.69) is 44.2 Å². The lowest BCUT2D eigenvalue weighted by molar-refractivity contribution is 1.31. The van der Waals surface area contributed by atoms with Gasteiger partial charge in [-0.1, -0.05) is 36.4 Å². The molecule has 0 N–H and O–H groups in total. The Kier molecular flexibility index (Phi) is 8.23. The molecule has 4 aromatic rings. The Labute approximate surface area is 197 Å². The quantitative estimate of drug-likeness (QED) is 0.157. The molecule has 0 atom stereocenters. The first-order valence-corrected chi connectivity index (χ1v) is 12.2. The van der Waals surface area contributed by atoms with Gasteiger partial charge in [-0.3, -0.25) is 20.0 Å².